The van der Waals surface area contributed by atoms with E-state index in [2.05, 4.69) is 66.6 Å². The summed E-state index contributed by atoms with van der Waals surface area (Å²) < 4.78 is 0. The molecule has 1 heterocycles. The van der Waals surface area contributed by atoms with E-state index in [4.69, 9.17) is 0 Å². The summed E-state index contributed by atoms with van der Waals surface area (Å²) in [6.45, 7) is 9.77. The molecule has 1 saturated heterocycles. The Morgan fingerprint density at radius 1 is 1.32 bits per heavy atom. The van der Waals surface area contributed by atoms with Gasteiger partial charge in [0, 0.05) is 31.2 Å². The second-order valence-electron chi connectivity index (χ2n) is 6.81. The Morgan fingerprint density at radius 2 is 2.05 bits per heavy atom. The molecule has 0 saturated carbocycles. The van der Waals surface area contributed by atoms with Gasteiger partial charge in [-0.25, -0.2) is 0 Å². The zero-order valence-corrected chi connectivity index (χ0v) is 14.1. The van der Waals surface area contributed by atoms with Crippen LogP contribution in [0, 0.1) is 0 Å². The third kappa shape index (κ3) is 4.82. The van der Waals surface area contributed by atoms with Crippen LogP contribution in [0.25, 0.3) is 0 Å². The van der Waals surface area contributed by atoms with E-state index in [-0.39, 0.29) is 11.4 Å². The van der Waals surface area contributed by atoms with Gasteiger partial charge >= 0.3 is 0 Å². The minimum absolute atomic E-state index is 0.0983. The van der Waals surface area contributed by atoms with Crippen LogP contribution in [0.4, 0.5) is 0 Å². The van der Waals surface area contributed by atoms with Gasteiger partial charge in [0.15, 0.2) is 0 Å². The molecule has 0 unspecified atom stereocenters. The Morgan fingerprint density at radius 3 is 2.73 bits per heavy atom. The van der Waals surface area contributed by atoms with E-state index >= 15 is 0 Å². The van der Waals surface area contributed by atoms with Gasteiger partial charge in [0.2, 0.25) is 5.91 Å². The molecule has 0 radical (unpaired) electrons. The first-order valence-electron chi connectivity index (χ1n) is 8.30. The van der Waals surface area contributed by atoms with Crippen LogP contribution >= 0.6 is 0 Å². The second kappa shape index (κ2) is 7.75. The number of hydrogen-bond donors (Lipinski definition) is 2. The molecule has 0 aromatic heterocycles. The van der Waals surface area contributed by atoms with E-state index in [1.807, 2.05) is 0 Å². The Labute approximate surface area is 134 Å². The highest BCUT2D eigenvalue weighted by atomic mass is 16.1. The van der Waals surface area contributed by atoms with Crippen LogP contribution in [-0.2, 0) is 11.3 Å². The predicted octanol–water partition coefficient (Wildman–Crippen LogP) is 2.16. The maximum Gasteiger partial charge on any atom is 0.233 e. The predicted molar refractivity (Wildman–Crippen MR) is 90.6 cm³/mol. The van der Waals surface area contributed by atoms with Crippen LogP contribution in [-0.4, -0.2) is 42.0 Å². The summed E-state index contributed by atoms with van der Waals surface area (Å²) >= 11 is 0. The summed E-state index contributed by atoms with van der Waals surface area (Å²) in [5.74, 6) is 0.0983. The Hall–Kier alpha value is -1.39. The summed E-state index contributed by atoms with van der Waals surface area (Å²) in [7, 11) is 0. The highest BCUT2D eigenvalue weighted by molar-refractivity contribution is 5.77. The van der Waals surface area contributed by atoms with Crippen LogP contribution in [0.1, 0.15) is 39.2 Å². The normalized spacial score (nSPS) is 21.0. The molecule has 2 N–H and O–H groups in total. The molecule has 1 aromatic carbocycles. The van der Waals surface area contributed by atoms with Gasteiger partial charge in [0.25, 0.3) is 0 Å². The molecule has 0 spiro atoms. The minimum Gasteiger partial charge on any atom is -0.355 e. The zero-order valence-electron chi connectivity index (χ0n) is 14.1. The molecule has 2 rings (SSSR count). The summed E-state index contributed by atoms with van der Waals surface area (Å²) in [6, 6.07) is 11.0. The molecule has 1 fully saturated rings. The zero-order chi connectivity index (χ0) is 16.0. The number of nitrogens with one attached hydrogen (secondary N) is 2. The standard InChI is InChI=1S/C18H29N3O/c1-4-10-19-17(22)12-20-16-11-18(2,3)21(14-16)13-15-8-6-5-7-9-15/h5-9,16,20H,4,10-14H2,1-3H3,(H,19,22)/t16-/m0/s1. The Bertz CT molecular complexity index is 472. The van der Waals surface area contributed by atoms with Crippen LogP contribution in [0.5, 0.6) is 0 Å². The molecular weight excluding hydrogens is 274 g/mol. The van der Waals surface area contributed by atoms with Crippen molar-refractivity contribution in [3.8, 4) is 0 Å². The number of hydrogen-bond acceptors (Lipinski definition) is 3. The maximum atomic E-state index is 11.7. The van der Waals surface area contributed by atoms with Crippen molar-refractivity contribution in [2.24, 2.45) is 0 Å². The van der Waals surface area contributed by atoms with Gasteiger partial charge in [-0.15, -0.1) is 0 Å². The SMILES string of the molecule is CCCNC(=O)CN[C@@H]1CN(Cc2ccccc2)C(C)(C)C1. The lowest BCUT2D eigenvalue weighted by Gasteiger charge is -2.31. The van der Waals surface area contributed by atoms with E-state index in [0.717, 1.165) is 32.5 Å². The third-order valence-corrected chi connectivity index (χ3v) is 4.38. The van der Waals surface area contributed by atoms with Crippen molar-refractivity contribution < 1.29 is 4.79 Å². The molecule has 0 bridgehead atoms. The van der Waals surface area contributed by atoms with Gasteiger partial charge in [-0.05, 0) is 32.3 Å². The highest BCUT2D eigenvalue weighted by Gasteiger charge is 2.37. The largest absolute Gasteiger partial charge is 0.355 e. The molecule has 1 amide bonds. The lowest BCUT2D eigenvalue weighted by molar-refractivity contribution is -0.120. The van der Waals surface area contributed by atoms with Gasteiger partial charge in [-0.3, -0.25) is 9.69 Å². The van der Waals surface area contributed by atoms with E-state index in [1.165, 1.54) is 5.56 Å². The quantitative estimate of drug-likeness (QED) is 0.811. The van der Waals surface area contributed by atoms with Gasteiger partial charge in [0.05, 0.1) is 6.54 Å². The number of amides is 1. The van der Waals surface area contributed by atoms with Gasteiger partial charge < -0.3 is 10.6 Å². The molecule has 1 aliphatic rings. The first kappa shape index (κ1) is 17.0. The van der Waals surface area contributed by atoms with Gasteiger partial charge in [-0.1, -0.05) is 37.3 Å². The molecule has 1 aliphatic heterocycles. The molecule has 122 valence electrons. The lowest BCUT2D eigenvalue weighted by atomic mass is 10.00. The van der Waals surface area contributed by atoms with Crippen LogP contribution in [0.2, 0.25) is 0 Å². The number of carbonyl (C=O) groups is 1. The van der Waals surface area contributed by atoms with Crippen LogP contribution in [0.3, 0.4) is 0 Å². The number of carbonyl (C=O) groups excluding carboxylic acids is 1. The van der Waals surface area contributed by atoms with Crippen LogP contribution < -0.4 is 10.6 Å². The van der Waals surface area contributed by atoms with E-state index in [9.17, 15) is 4.79 Å². The second-order valence-corrected chi connectivity index (χ2v) is 6.81. The Kier molecular flexibility index (Phi) is 5.98. The van der Waals surface area contributed by atoms with Crippen molar-refractivity contribution in [2.45, 2.75) is 51.7 Å². The number of benzene rings is 1. The van der Waals surface area contributed by atoms with E-state index < -0.39 is 0 Å². The topological polar surface area (TPSA) is 44.4 Å². The fraction of sp³-hybridized carbons (Fsp3) is 0.611. The summed E-state index contributed by atoms with van der Waals surface area (Å²) in [5, 5.41) is 6.32. The van der Waals surface area contributed by atoms with E-state index in [0.29, 0.717) is 12.6 Å². The summed E-state index contributed by atoms with van der Waals surface area (Å²) in [6.07, 6.45) is 2.05. The smallest absolute Gasteiger partial charge is 0.233 e. The van der Waals surface area contributed by atoms with E-state index in [1.54, 1.807) is 0 Å². The van der Waals surface area contributed by atoms with Crippen molar-refractivity contribution in [3.63, 3.8) is 0 Å². The van der Waals surface area contributed by atoms with Crippen molar-refractivity contribution >= 4 is 5.91 Å². The first-order valence-corrected chi connectivity index (χ1v) is 8.30. The van der Waals surface area contributed by atoms with Crippen molar-refractivity contribution in [2.75, 3.05) is 19.6 Å². The highest BCUT2D eigenvalue weighted by Crippen LogP contribution is 2.30. The molecule has 4 nitrogen and oxygen atoms in total. The summed E-state index contributed by atoms with van der Waals surface area (Å²) in [5.41, 5.74) is 1.50. The third-order valence-electron chi connectivity index (χ3n) is 4.38. The number of rotatable bonds is 7. The molecule has 1 aromatic rings. The van der Waals surface area contributed by atoms with Gasteiger partial charge in [0.1, 0.15) is 0 Å². The first-order chi connectivity index (χ1) is 10.5. The molecule has 1 atom stereocenters. The fourth-order valence-electron chi connectivity index (χ4n) is 3.09. The average Bonchev–Trinajstić information content (AvgIpc) is 2.78. The average molecular weight is 303 g/mol. The molecule has 0 aliphatic carbocycles. The lowest BCUT2D eigenvalue weighted by Crippen LogP contribution is -2.40. The van der Waals surface area contributed by atoms with Crippen molar-refractivity contribution in [1.29, 1.82) is 0 Å². The van der Waals surface area contributed by atoms with Gasteiger partial charge in [-0.2, -0.15) is 0 Å². The number of likely N-dealkylation sites (tertiary alicyclic amines) is 1. The van der Waals surface area contributed by atoms with Crippen LogP contribution in [0.15, 0.2) is 30.3 Å². The Balaban J connectivity index is 1.83. The van der Waals surface area contributed by atoms with Crippen molar-refractivity contribution in [1.82, 2.24) is 15.5 Å². The van der Waals surface area contributed by atoms with Crippen molar-refractivity contribution in [3.05, 3.63) is 35.9 Å². The maximum absolute atomic E-state index is 11.7. The molecular formula is C18H29N3O. The minimum atomic E-state index is 0.0983. The number of nitrogens with zero attached hydrogens (tertiary/aromatic N) is 1. The fourth-order valence-corrected chi connectivity index (χ4v) is 3.09. The molecule has 4 heteroatoms. The summed E-state index contributed by atoms with van der Waals surface area (Å²) in [4.78, 5) is 14.2. The monoisotopic (exact) mass is 303 g/mol. The molecule has 22 heavy (non-hydrogen) atoms.